The van der Waals surface area contributed by atoms with E-state index in [4.69, 9.17) is 16.3 Å². The van der Waals surface area contributed by atoms with Crippen LogP contribution in [0.25, 0.3) is 0 Å². The molecule has 2 rings (SSSR count). The Morgan fingerprint density at radius 2 is 2.05 bits per heavy atom. The molecule has 1 heterocycles. The van der Waals surface area contributed by atoms with Crippen LogP contribution in [-0.2, 0) is 11.3 Å². The van der Waals surface area contributed by atoms with Crippen molar-refractivity contribution in [2.45, 2.75) is 13.5 Å². The number of ether oxygens (including phenoxy) is 1. The Morgan fingerprint density at radius 3 is 2.67 bits per heavy atom. The number of amides is 1. The van der Waals surface area contributed by atoms with Crippen LogP contribution < -0.4 is 4.74 Å². The average Bonchev–Trinajstić information content (AvgIpc) is 2.51. The SMILES string of the molecule is CCOc1cccc(F)c1CN1CCN(C(=O)CCl)CC1. The van der Waals surface area contributed by atoms with Crippen molar-refractivity contribution in [2.24, 2.45) is 0 Å². The van der Waals surface area contributed by atoms with Gasteiger partial charge >= 0.3 is 0 Å². The van der Waals surface area contributed by atoms with Crippen LogP contribution in [-0.4, -0.2) is 54.4 Å². The Hall–Kier alpha value is -1.33. The molecule has 4 nitrogen and oxygen atoms in total. The number of alkyl halides is 1. The van der Waals surface area contributed by atoms with E-state index in [0.717, 1.165) is 0 Å². The summed E-state index contributed by atoms with van der Waals surface area (Å²) >= 11 is 5.56. The molecule has 0 bridgehead atoms. The van der Waals surface area contributed by atoms with Crippen LogP contribution in [0.15, 0.2) is 18.2 Å². The lowest BCUT2D eigenvalue weighted by molar-refractivity contribution is -0.130. The molecule has 116 valence electrons. The fraction of sp³-hybridized carbons (Fsp3) is 0.533. The Kier molecular flexibility index (Phi) is 5.82. The summed E-state index contributed by atoms with van der Waals surface area (Å²) in [7, 11) is 0. The summed E-state index contributed by atoms with van der Waals surface area (Å²) in [5, 5.41) is 0. The minimum atomic E-state index is -0.250. The average molecular weight is 315 g/mol. The summed E-state index contributed by atoms with van der Waals surface area (Å²) in [6.45, 7) is 5.56. The van der Waals surface area contributed by atoms with E-state index in [9.17, 15) is 9.18 Å². The lowest BCUT2D eigenvalue weighted by Gasteiger charge is -2.34. The molecule has 1 aliphatic heterocycles. The van der Waals surface area contributed by atoms with Gasteiger partial charge < -0.3 is 9.64 Å². The fourth-order valence-corrected chi connectivity index (χ4v) is 2.62. The third kappa shape index (κ3) is 4.08. The molecule has 0 spiro atoms. The normalized spacial score (nSPS) is 16.0. The summed E-state index contributed by atoms with van der Waals surface area (Å²) in [5.74, 6) is 0.316. The Bertz CT molecular complexity index is 491. The van der Waals surface area contributed by atoms with Crippen LogP contribution >= 0.6 is 11.6 Å². The van der Waals surface area contributed by atoms with Gasteiger partial charge in [0.05, 0.1) is 6.61 Å². The number of halogens is 2. The van der Waals surface area contributed by atoms with Crippen LogP contribution in [0.4, 0.5) is 4.39 Å². The van der Waals surface area contributed by atoms with E-state index >= 15 is 0 Å². The molecular formula is C15H20ClFN2O2. The predicted octanol–water partition coefficient (Wildman–Crippen LogP) is 2.11. The number of rotatable bonds is 5. The zero-order valence-electron chi connectivity index (χ0n) is 12.1. The maximum atomic E-state index is 14.0. The third-order valence-corrected chi connectivity index (χ3v) is 3.83. The van der Waals surface area contributed by atoms with Crippen molar-refractivity contribution in [2.75, 3.05) is 38.7 Å². The number of carbonyl (C=O) groups excluding carboxylic acids is 1. The lowest BCUT2D eigenvalue weighted by atomic mass is 10.1. The number of hydrogen-bond acceptors (Lipinski definition) is 3. The Labute approximate surface area is 129 Å². The highest BCUT2D eigenvalue weighted by Gasteiger charge is 2.22. The molecule has 21 heavy (non-hydrogen) atoms. The molecule has 1 amide bonds. The Morgan fingerprint density at radius 1 is 1.33 bits per heavy atom. The van der Waals surface area contributed by atoms with Gasteiger partial charge in [0.25, 0.3) is 0 Å². The fourth-order valence-electron chi connectivity index (χ4n) is 2.45. The van der Waals surface area contributed by atoms with E-state index in [1.54, 1.807) is 17.0 Å². The molecule has 0 unspecified atom stereocenters. The van der Waals surface area contributed by atoms with Gasteiger partial charge in [-0.2, -0.15) is 0 Å². The molecule has 0 atom stereocenters. The maximum absolute atomic E-state index is 14.0. The summed E-state index contributed by atoms with van der Waals surface area (Å²) in [4.78, 5) is 15.4. The third-order valence-electron chi connectivity index (χ3n) is 3.60. The van der Waals surface area contributed by atoms with Crippen molar-refractivity contribution in [3.8, 4) is 5.75 Å². The summed E-state index contributed by atoms with van der Waals surface area (Å²) < 4.78 is 19.5. The van der Waals surface area contributed by atoms with Crippen molar-refractivity contribution >= 4 is 17.5 Å². The molecule has 1 saturated heterocycles. The van der Waals surface area contributed by atoms with Gasteiger partial charge in [0, 0.05) is 38.3 Å². The molecule has 0 N–H and O–H groups in total. The van der Waals surface area contributed by atoms with Crippen LogP contribution in [0.2, 0.25) is 0 Å². The number of piperazine rings is 1. The molecular weight excluding hydrogens is 295 g/mol. The van der Waals surface area contributed by atoms with Crippen molar-refractivity contribution in [1.29, 1.82) is 0 Å². The van der Waals surface area contributed by atoms with Gasteiger partial charge in [0.15, 0.2) is 0 Å². The van der Waals surface area contributed by atoms with Crippen LogP contribution in [0, 0.1) is 5.82 Å². The topological polar surface area (TPSA) is 32.8 Å². The molecule has 0 saturated carbocycles. The second-order valence-corrected chi connectivity index (χ2v) is 5.21. The summed E-state index contributed by atoms with van der Waals surface area (Å²) in [6.07, 6.45) is 0. The second-order valence-electron chi connectivity index (χ2n) is 4.94. The first-order valence-electron chi connectivity index (χ1n) is 7.12. The highest BCUT2D eigenvalue weighted by Crippen LogP contribution is 2.23. The first-order valence-corrected chi connectivity index (χ1v) is 7.65. The zero-order valence-corrected chi connectivity index (χ0v) is 12.9. The molecule has 0 radical (unpaired) electrons. The Balaban J connectivity index is 1.99. The minimum absolute atomic E-state index is 0.0157. The first-order chi connectivity index (χ1) is 10.2. The highest BCUT2D eigenvalue weighted by atomic mass is 35.5. The summed E-state index contributed by atoms with van der Waals surface area (Å²) in [6, 6.07) is 4.89. The van der Waals surface area contributed by atoms with Crippen molar-refractivity contribution in [3.05, 3.63) is 29.6 Å². The molecule has 1 fully saturated rings. The minimum Gasteiger partial charge on any atom is -0.493 e. The van der Waals surface area contributed by atoms with E-state index in [1.807, 2.05) is 6.92 Å². The standard InChI is InChI=1S/C15H20ClFN2O2/c1-2-21-14-5-3-4-13(17)12(14)11-18-6-8-19(9-7-18)15(20)10-16/h3-5H,2,6-11H2,1H3. The van der Waals surface area contributed by atoms with E-state index in [2.05, 4.69) is 4.90 Å². The smallest absolute Gasteiger partial charge is 0.237 e. The number of carbonyl (C=O) groups is 1. The van der Waals surface area contributed by atoms with Crippen LogP contribution in [0.1, 0.15) is 12.5 Å². The molecule has 0 aliphatic carbocycles. The molecule has 0 aromatic heterocycles. The second kappa shape index (κ2) is 7.61. The predicted molar refractivity (Wildman–Crippen MR) is 80.1 cm³/mol. The molecule has 1 aromatic rings. The molecule has 1 aliphatic rings. The van der Waals surface area contributed by atoms with Crippen molar-refractivity contribution in [1.82, 2.24) is 9.80 Å². The van der Waals surface area contributed by atoms with Crippen molar-refractivity contribution < 1.29 is 13.9 Å². The quantitative estimate of drug-likeness (QED) is 0.780. The largest absolute Gasteiger partial charge is 0.493 e. The van der Waals surface area contributed by atoms with E-state index < -0.39 is 0 Å². The summed E-state index contributed by atoms with van der Waals surface area (Å²) in [5.41, 5.74) is 0.580. The van der Waals surface area contributed by atoms with Crippen LogP contribution in [0.5, 0.6) is 5.75 Å². The van der Waals surface area contributed by atoms with Gasteiger partial charge in [-0.25, -0.2) is 4.39 Å². The van der Waals surface area contributed by atoms with E-state index in [-0.39, 0.29) is 17.6 Å². The lowest BCUT2D eigenvalue weighted by Crippen LogP contribution is -2.48. The molecule has 1 aromatic carbocycles. The van der Waals surface area contributed by atoms with Gasteiger partial charge in [-0.1, -0.05) is 6.07 Å². The van der Waals surface area contributed by atoms with Gasteiger partial charge in [-0.15, -0.1) is 11.6 Å². The monoisotopic (exact) mass is 314 g/mol. The maximum Gasteiger partial charge on any atom is 0.237 e. The van der Waals surface area contributed by atoms with Gasteiger partial charge in [0.2, 0.25) is 5.91 Å². The van der Waals surface area contributed by atoms with Gasteiger partial charge in [-0.05, 0) is 19.1 Å². The van der Waals surface area contributed by atoms with Gasteiger partial charge in [-0.3, -0.25) is 9.69 Å². The highest BCUT2D eigenvalue weighted by molar-refractivity contribution is 6.27. The number of hydrogen-bond donors (Lipinski definition) is 0. The zero-order chi connectivity index (χ0) is 15.2. The van der Waals surface area contributed by atoms with E-state index in [0.29, 0.717) is 50.6 Å². The first kappa shape index (κ1) is 16.0. The van der Waals surface area contributed by atoms with Crippen LogP contribution in [0.3, 0.4) is 0 Å². The molecule has 6 heteroatoms. The number of nitrogens with zero attached hydrogens (tertiary/aromatic N) is 2. The van der Waals surface area contributed by atoms with Crippen molar-refractivity contribution in [3.63, 3.8) is 0 Å². The van der Waals surface area contributed by atoms with E-state index in [1.165, 1.54) is 6.07 Å². The van der Waals surface area contributed by atoms with Gasteiger partial charge in [0.1, 0.15) is 17.4 Å². The number of benzene rings is 1.